The van der Waals surface area contributed by atoms with E-state index >= 15 is 0 Å². The zero-order valence-electron chi connectivity index (χ0n) is 11.7. The molecule has 1 aromatic heterocycles. The van der Waals surface area contributed by atoms with Gasteiger partial charge in [0, 0.05) is 12.6 Å². The number of benzene rings is 1. The van der Waals surface area contributed by atoms with E-state index in [0.29, 0.717) is 21.7 Å². The molecule has 6 heteroatoms. The van der Waals surface area contributed by atoms with Crippen LogP contribution in [0.25, 0.3) is 11.3 Å². The molecule has 2 aromatic rings. The smallest absolute Gasteiger partial charge is 0.177 e. The number of hydrogen-bond acceptors (Lipinski definition) is 4. The maximum absolute atomic E-state index is 9.05. The third kappa shape index (κ3) is 2.25. The molecular weight excluding hydrogens is 322 g/mol. The molecule has 104 valence electrons. The first-order valence-electron chi connectivity index (χ1n) is 5.89. The second-order valence-electron chi connectivity index (χ2n) is 4.27. The largest absolute Gasteiger partial charge is 0.493 e. The molecule has 1 heterocycles. The Balaban J connectivity index is 2.71. The molecule has 0 bridgehead atoms. The van der Waals surface area contributed by atoms with Crippen LogP contribution in [-0.4, -0.2) is 24.0 Å². The summed E-state index contributed by atoms with van der Waals surface area (Å²) in [7, 11) is 5.00. The summed E-state index contributed by atoms with van der Waals surface area (Å²) >= 11 is 3.44. The van der Waals surface area contributed by atoms with E-state index in [2.05, 4.69) is 27.1 Å². The van der Waals surface area contributed by atoms with Crippen LogP contribution in [0.15, 0.2) is 16.6 Å². The summed E-state index contributed by atoms with van der Waals surface area (Å²) in [5.41, 5.74) is 3.14. The molecule has 0 atom stereocenters. The molecule has 20 heavy (non-hydrogen) atoms. The van der Waals surface area contributed by atoms with Gasteiger partial charge < -0.3 is 9.47 Å². The summed E-state index contributed by atoms with van der Waals surface area (Å²) in [5.74, 6) is 1.31. The Morgan fingerprint density at radius 3 is 2.35 bits per heavy atom. The number of aromatic nitrogens is 2. The van der Waals surface area contributed by atoms with E-state index in [1.165, 1.54) is 0 Å². The molecule has 0 aliphatic rings. The Labute approximate surface area is 125 Å². The van der Waals surface area contributed by atoms with Crippen LogP contribution in [0.3, 0.4) is 0 Å². The monoisotopic (exact) mass is 335 g/mol. The van der Waals surface area contributed by atoms with Gasteiger partial charge in [0.25, 0.3) is 0 Å². The summed E-state index contributed by atoms with van der Waals surface area (Å²) in [6.07, 6.45) is 0. The highest BCUT2D eigenvalue weighted by atomic mass is 79.9. The van der Waals surface area contributed by atoms with Gasteiger partial charge in [-0.3, -0.25) is 4.68 Å². The van der Waals surface area contributed by atoms with Crippen molar-refractivity contribution in [2.75, 3.05) is 14.2 Å². The molecule has 0 radical (unpaired) electrons. The molecule has 0 saturated carbocycles. The highest BCUT2D eigenvalue weighted by Crippen LogP contribution is 2.38. The lowest BCUT2D eigenvalue weighted by Gasteiger charge is -2.13. The van der Waals surface area contributed by atoms with Crippen molar-refractivity contribution >= 4 is 15.9 Å². The fourth-order valence-corrected chi connectivity index (χ4v) is 2.74. The second kappa shape index (κ2) is 5.55. The normalized spacial score (nSPS) is 10.2. The molecule has 0 aliphatic heterocycles. The van der Waals surface area contributed by atoms with E-state index in [9.17, 15) is 0 Å². The van der Waals surface area contributed by atoms with Gasteiger partial charge in [-0.05, 0) is 40.5 Å². The van der Waals surface area contributed by atoms with Crippen molar-refractivity contribution in [2.24, 2.45) is 7.05 Å². The predicted molar refractivity (Wildman–Crippen MR) is 78.9 cm³/mol. The van der Waals surface area contributed by atoms with E-state index < -0.39 is 0 Å². The maximum atomic E-state index is 9.05. The Hall–Kier alpha value is -2.00. The number of methoxy groups -OCH3 is 2. The zero-order valence-corrected chi connectivity index (χ0v) is 13.3. The third-order valence-corrected chi connectivity index (χ3v) is 3.83. The van der Waals surface area contributed by atoms with E-state index in [0.717, 1.165) is 16.8 Å². The van der Waals surface area contributed by atoms with Crippen molar-refractivity contribution in [3.8, 4) is 28.8 Å². The van der Waals surface area contributed by atoms with Crippen molar-refractivity contribution in [2.45, 2.75) is 6.92 Å². The van der Waals surface area contributed by atoms with Crippen LogP contribution >= 0.6 is 15.9 Å². The molecule has 0 fully saturated rings. The summed E-state index contributed by atoms with van der Waals surface area (Å²) < 4.78 is 13.0. The number of aryl methyl sites for hydroxylation is 2. The van der Waals surface area contributed by atoms with Crippen molar-refractivity contribution in [3.63, 3.8) is 0 Å². The van der Waals surface area contributed by atoms with Crippen molar-refractivity contribution in [1.29, 1.82) is 5.26 Å². The van der Waals surface area contributed by atoms with Gasteiger partial charge in [0.05, 0.1) is 24.4 Å². The van der Waals surface area contributed by atoms with Gasteiger partial charge >= 0.3 is 0 Å². The standard InChI is InChI=1S/C14H14BrN3O2/c1-8-5-11(19-3)12(20-4)6-9(8)14-13(15)10(7-16)17-18(14)2/h5-6H,1-4H3. The molecule has 0 amide bonds. The molecule has 0 saturated heterocycles. The second-order valence-corrected chi connectivity index (χ2v) is 5.06. The fourth-order valence-electron chi connectivity index (χ4n) is 2.10. The molecule has 0 unspecified atom stereocenters. The Morgan fingerprint density at radius 1 is 1.25 bits per heavy atom. The molecule has 0 aliphatic carbocycles. The molecule has 1 aromatic carbocycles. The van der Waals surface area contributed by atoms with Gasteiger partial charge in [0.15, 0.2) is 17.2 Å². The van der Waals surface area contributed by atoms with Crippen LogP contribution in [0.1, 0.15) is 11.3 Å². The lowest BCUT2D eigenvalue weighted by atomic mass is 10.0. The predicted octanol–water partition coefficient (Wildman–Crippen LogP) is 3.05. The minimum Gasteiger partial charge on any atom is -0.493 e. The minimum absolute atomic E-state index is 0.358. The van der Waals surface area contributed by atoms with E-state index in [1.54, 1.807) is 25.9 Å². The maximum Gasteiger partial charge on any atom is 0.177 e. The van der Waals surface area contributed by atoms with Gasteiger partial charge in [-0.2, -0.15) is 10.4 Å². The fraction of sp³-hybridized carbons (Fsp3) is 0.286. The van der Waals surface area contributed by atoms with Gasteiger partial charge in [0.2, 0.25) is 0 Å². The first-order valence-corrected chi connectivity index (χ1v) is 6.68. The first-order chi connectivity index (χ1) is 9.53. The number of nitriles is 1. The van der Waals surface area contributed by atoms with Gasteiger partial charge in [0.1, 0.15) is 6.07 Å². The molecular formula is C14H14BrN3O2. The quantitative estimate of drug-likeness (QED) is 0.864. The van der Waals surface area contributed by atoms with Crippen molar-refractivity contribution in [3.05, 3.63) is 27.9 Å². The molecule has 5 nitrogen and oxygen atoms in total. The number of halogens is 1. The first kappa shape index (κ1) is 14.4. The van der Waals surface area contributed by atoms with E-state index in [1.807, 2.05) is 19.1 Å². The average molecular weight is 336 g/mol. The van der Waals surface area contributed by atoms with E-state index in [4.69, 9.17) is 14.7 Å². The van der Waals surface area contributed by atoms with Crippen LogP contribution in [0, 0.1) is 18.3 Å². The van der Waals surface area contributed by atoms with Gasteiger partial charge in [-0.1, -0.05) is 0 Å². The third-order valence-electron chi connectivity index (χ3n) is 3.08. The Morgan fingerprint density at radius 2 is 1.85 bits per heavy atom. The van der Waals surface area contributed by atoms with Crippen LogP contribution in [-0.2, 0) is 7.05 Å². The van der Waals surface area contributed by atoms with Crippen molar-refractivity contribution < 1.29 is 9.47 Å². The molecule has 2 rings (SSSR count). The number of nitrogens with zero attached hydrogens (tertiary/aromatic N) is 3. The summed E-state index contributed by atoms with van der Waals surface area (Å²) in [6, 6.07) is 5.85. The number of rotatable bonds is 3. The van der Waals surface area contributed by atoms with Crippen molar-refractivity contribution in [1.82, 2.24) is 9.78 Å². The van der Waals surface area contributed by atoms with Crippen LogP contribution < -0.4 is 9.47 Å². The van der Waals surface area contributed by atoms with Crippen LogP contribution in [0.4, 0.5) is 0 Å². The topological polar surface area (TPSA) is 60.1 Å². The Kier molecular flexibility index (Phi) is 4.00. The summed E-state index contributed by atoms with van der Waals surface area (Å²) in [6.45, 7) is 1.97. The molecule has 0 spiro atoms. The Bertz CT molecular complexity index is 701. The highest BCUT2D eigenvalue weighted by molar-refractivity contribution is 9.10. The van der Waals surface area contributed by atoms with Crippen LogP contribution in [0.5, 0.6) is 11.5 Å². The lowest BCUT2D eigenvalue weighted by Crippen LogP contribution is -1.98. The highest BCUT2D eigenvalue weighted by Gasteiger charge is 2.19. The number of ether oxygens (including phenoxy) is 2. The summed E-state index contributed by atoms with van der Waals surface area (Å²) in [5, 5.41) is 13.2. The van der Waals surface area contributed by atoms with Gasteiger partial charge in [-0.25, -0.2) is 0 Å². The minimum atomic E-state index is 0.358. The number of hydrogen-bond donors (Lipinski definition) is 0. The zero-order chi connectivity index (χ0) is 14.9. The van der Waals surface area contributed by atoms with E-state index in [-0.39, 0.29) is 0 Å². The lowest BCUT2D eigenvalue weighted by molar-refractivity contribution is 0.355. The summed E-state index contributed by atoms with van der Waals surface area (Å²) in [4.78, 5) is 0. The van der Waals surface area contributed by atoms with Crippen LogP contribution in [0.2, 0.25) is 0 Å². The average Bonchev–Trinajstić information content (AvgIpc) is 2.73. The molecule has 0 N–H and O–H groups in total. The van der Waals surface area contributed by atoms with Gasteiger partial charge in [-0.15, -0.1) is 0 Å². The SMILES string of the molecule is COc1cc(C)c(-c2c(Br)c(C#N)nn2C)cc1OC.